The fraction of sp³-hybridized carbons (Fsp3) is 0.656. The first kappa shape index (κ1) is 45.8. The van der Waals surface area contributed by atoms with E-state index in [0.29, 0.717) is 12.1 Å². The van der Waals surface area contributed by atoms with E-state index in [0.717, 1.165) is 4.90 Å². The molecule has 0 bridgehead atoms. The van der Waals surface area contributed by atoms with Crippen LogP contribution in [0, 0.1) is 5.92 Å². The third-order valence-corrected chi connectivity index (χ3v) is 8.50. The number of guanidine groups is 1. The first-order valence-corrected chi connectivity index (χ1v) is 17.7. The number of aliphatic carboxylic acids is 1. The lowest BCUT2D eigenvalue weighted by Crippen LogP contribution is -2.61. The van der Waals surface area contributed by atoms with Gasteiger partial charge in [-0.1, -0.05) is 13.8 Å². The number of H-pyrrole nitrogens is 1. The van der Waals surface area contributed by atoms with Crippen LogP contribution in [-0.2, 0) is 40.0 Å². The molecule has 55 heavy (non-hydrogen) atoms. The Morgan fingerprint density at radius 3 is 1.98 bits per heavy atom. The van der Waals surface area contributed by atoms with E-state index >= 15 is 0 Å². The molecule has 0 saturated carbocycles. The van der Waals surface area contributed by atoms with E-state index in [1.165, 1.54) is 12.5 Å². The van der Waals surface area contributed by atoms with Gasteiger partial charge in [0.25, 0.3) is 0 Å². The Morgan fingerprint density at radius 2 is 1.44 bits per heavy atom. The van der Waals surface area contributed by atoms with Crippen molar-refractivity contribution < 1.29 is 54.0 Å². The lowest BCUT2D eigenvalue weighted by Gasteiger charge is -2.29. The molecule has 1 aliphatic heterocycles. The number of likely N-dealkylation sites (tertiary alicyclic amines) is 1. The maximum Gasteiger partial charge on any atom is 0.326 e. The van der Waals surface area contributed by atoms with Crippen LogP contribution in [0.15, 0.2) is 17.5 Å². The van der Waals surface area contributed by atoms with Gasteiger partial charge in [-0.2, -0.15) is 0 Å². The molecule has 1 fully saturated rings. The highest BCUT2D eigenvalue weighted by Gasteiger charge is 2.39. The second kappa shape index (κ2) is 22.7. The summed E-state index contributed by atoms with van der Waals surface area (Å²) in [7, 11) is 0. The highest BCUT2D eigenvalue weighted by atomic mass is 16.4. The van der Waals surface area contributed by atoms with Crippen molar-refractivity contribution in [1.82, 2.24) is 41.5 Å². The average molecular weight is 783 g/mol. The van der Waals surface area contributed by atoms with Crippen molar-refractivity contribution in [3.8, 4) is 0 Å². The highest BCUT2D eigenvalue weighted by Crippen LogP contribution is 2.19. The van der Waals surface area contributed by atoms with Gasteiger partial charge in [0.15, 0.2) is 5.96 Å². The molecule has 1 aliphatic rings. The number of nitrogens with two attached hydrogens (primary N) is 3. The number of carbonyl (C=O) groups excluding carboxylic acids is 6. The van der Waals surface area contributed by atoms with E-state index in [1.54, 1.807) is 13.8 Å². The average Bonchev–Trinajstić information content (AvgIpc) is 3.84. The molecule has 0 aliphatic carbocycles. The lowest BCUT2D eigenvalue weighted by molar-refractivity contribution is -0.143. The van der Waals surface area contributed by atoms with E-state index in [9.17, 15) is 54.0 Å². The van der Waals surface area contributed by atoms with Gasteiger partial charge in [-0.3, -0.25) is 33.8 Å². The summed E-state index contributed by atoms with van der Waals surface area (Å²) in [4.78, 5) is 102. The molecule has 0 radical (unpaired) electrons. The Kier molecular flexibility index (Phi) is 18.9. The number of carbonyl (C=O) groups is 7. The van der Waals surface area contributed by atoms with Gasteiger partial charge in [0.05, 0.1) is 32.2 Å². The SMILES string of the molecule is CC(C)C[C@H](NC(=O)[C@H](CO)NC(=O)[C@H](CO)NC(=O)[C@@H]1CCCN1C(=O)[C@H](CO)NC(=O)[C@@H](N)Cc1cnc[nH]1)C(=O)N[C@@H](CCCN=C(N)N)C(=O)O. The predicted octanol–water partition coefficient (Wildman–Crippen LogP) is -6.14. The van der Waals surface area contributed by atoms with Gasteiger partial charge in [0.2, 0.25) is 35.4 Å². The molecule has 1 aromatic heterocycles. The van der Waals surface area contributed by atoms with Gasteiger partial charge in [0, 0.05) is 31.4 Å². The molecule has 2 heterocycles. The number of aliphatic hydroxyl groups excluding tert-OH is 3. The maximum atomic E-state index is 13.3. The second-order valence-corrected chi connectivity index (χ2v) is 13.3. The Balaban J connectivity index is 2.05. The van der Waals surface area contributed by atoms with Crippen LogP contribution in [-0.4, -0.2) is 158 Å². The maximum absolute atomic E-state index is 13.3. The Labute approximate surface area is 316 Å². The summed E-state index contributed by atoms with van der Waals surface area (Å²) in [6.07, 6.45) is 3.68. The minimum atomic E-state index is -1.67. The Morgan fingerprint density at radius 1 is 0.873 bits per heavy atom. The topological polar surface area (TPSA) is 383 Å². The van der Waals surface area contributed by atoms with E-state index < -0.39 is 104 Å². The van der Waals surface area contributed by atoms with E-state index in [4.69, 9.17) is 17.2 Å². The molecule has 0 aromatic carbocycles. The molecule has 2 rings (SSSR count). The molecule has 0 spiro atoms. The number of aromatic amines is 1. The highest BCUT2D eigenvalue weighted by molar-refractivity contribution is 5.97. The third kappa shape index (κ3) is 14.8. The summed E-state index contributed by atoms with van der Waals surface area (Å²) in [5.74, 6) is -7.02. The third-order valence-electron chi connectivity index (χ3n) is 8.50. The number of carboxylic acids is 1. The van der Waals surface area contributed by atoms with E-state index in [-0.39, 0.29) is 57.1 Å². The first-order chi connectivity index (χ1) is 26.0. The molecule has 1 aromatic rings. The summed E-state index contributed by atoms with van der Waals surface area (Å²) < 4.78 is 0. The number of carboxylic acid groups (broad SMARTS) is 1. The van der Waals surface area contributed by atoms with Gasteiger partial charge in [0.1, 0.15) is 36.3 Å². The molecule has 23 nitrogen and oxygen atoms in total. The number of nitrogens with one attached hydrogen (secondary N) is 6. The number of nitrogens with zero attached hydrogens (tertiary/aromatic N) is 3. The van der Waals surface area contributed by atoms with Crippen LogP contribution in [0.1, 0.15) is 51.6 Å². The Bertz CT molecular complexity index is 1490. The van der Waals surface area contributed by atoms with Crippen LogP contribution in [0.5, 0.6) is 0 Å². The summed E-state index contributed by atoms with van der Waals surface area (Å²) >= 11 is 0. The molecule has 6 amide bonds. The normalized spacial score (nSPS) is 17.1. The van der Waals surface area contributed by atoms with Gasteiger partial charge in [-0.25, -0.2) is 9.78 Å². The van der Waals surface area contributed by atoms with Crippen LogP contribution in [0.25, 0.3) is 0 Å². The first-order valence-electron chi connectivity index (χ1n) is 17.7. The lowest BCUT2D eigenvalue weighted by atomic mass is 10.0. The monoisotopic (exact) mass is 782 g/mol. The zero-order valence-corrected chi connectivity index (χ0v) is 30.8. The van der Waals surface area contributed by atoms with Crippen molar-refractivity contribution >= 4 is 47.4 Å². The summed E-state index contributed by atoms with van der Waals surface area (Å²) in [6.45, 7) is 0.948. The molecular weight excluding hydrogens is 728 g/mol. The van der Waals surface area contributed by atoms with Crippen molar-refractivity contribution in [2.24, 2.45) is 28.1 Å². The minimum Gasteiger partial charge on any atom is -0.480 e. The number of aliphatic imine (C=N–C) groups is 1. The summed E-state index contributed by atoms with van der Waals surface area (Å²) in [6, 6.07) is -9.65. The quantitative estimate of drug-likeness (QED) is 0.0279. The van der Waals surface area contributed by atoms with Crippen LogP contribution in [0.4, 0.5) is 0 Å². The van der Waals surface area contributed by atoms with Gasteiger partial charge >= 0.3 is 5.97 Å². The molecule has 1 saturated heterocycles. The number of hydrogen-bond donors (Lipinski definition) is 13. The van der Waals surface area contributed by atoms with Crippen molar-refractivity contribution in [3.63, 3.8) is 0 Å². The number of amides is 6. The van der Waals surface area contributed by atoms with Crippen molar-refractivity contribution in [3.05, 3.63) is 18.2 Å². The molecule has 16 N–H and O–H groups in total. The van der Waals surface area contributed by atoms with Crippen LogP contribution < -0.4 is 43.8 Å². The number of rotatable bonds is 23. The van der Waals surface area contributed by atoms with Gasteiger partial charge in [-0.05, 0) is 38.0 Å². The van der Waals surface area contributed by atoms with E-state index in [1.807, 2.05) is 0 Å². The number of imidazole rings is 1. The molecule has 23 heteroatoms. The van der Waals surface area contributed by atoms with Crippen molar-refractivity contribution in [2.45, 2.75) is 94.7 Å². The molecule has 7 atom stereocenters. The van der Waals surface area contributed by atoms with Crippen LogP contribution in [0.2, 0.25) is 0 Å². The second-order valence-electron chi connectivity index (χ2n) is 13.3. The van der Waals surface area contributed by atoms with Gasteiger partial charge < -0.3 is 74.1 Å². The number of aromatic nitrogens is 2. The zero-order chi connectivity index (χ0) is 41.2. The van der Waals surface area contributed by atoms with Crippen molar-refractivity contribution in [2.75, 3.05) is 32.9 Å². The number of aliphatic hydroxyl groups is 3. The predicted molar refractivity (Wildman–Crippen MR) is 193 cm³/mol. The molecule has 308 valence electrons. The smallest absolute Gasteiger partial charge is 0.326 e. The largest absolute Gasteiger partial charge is 0.480 e. The summed E-state index contributed by atoms with van der Waals surface area (Å²) in [5.41, 5.74) is 17.0. The van der Waals surface area contributed by atoms with Crippen LogP contribution >= 0.6 is 0 Å². The fourth-order valence-electron chi connectivity index (χ4n) is 5.63. The fourth-order valence-corrected chi connectivity index (χ4v) is 5.63. The minimum absolute atomic E-state index is 0.0306. The summed E-state index contributed by atoms with van der Waals surface area (Å²) in [5, 5.41) is 51.1. The van der Waals surface area contributed by atoms with Gasteiger partial charge in [-0.15, -0.1) is 0 Å². The Hall–Kier alpha value is -5.39. The molecule has 0 unspecified atom stereocenters. The molecular formula is C32H54N12O11. The van der Waals surface area contributed by atoms with Crippen molar-refractivity contribution in [1.29, 1.82) is 0 Å². The zero-order valence-electron chi connectivity index (χ0n) is 30.8. The number of hydrogen-bond acceptors (Lipinski definition) is 13. The van der Waals surface area contributed by atoms with Crippen LogP contribution in [0.3, 0.4) is 0 Å². The standard InChI is InChI=1S/C32H54N12O11/c1-16(2)9-20(26(49)39-19(31(54)55)5-3-7-37-32(34)35)40-27(50)21(12-45)41-28(51)22(13-46)42-29(52)24-6-4-8-44(24)30(53)23(14-47)43-25(48)18(33)10-17-11-36-15-38-17/h11,15-16,18-24,45-47H,3-10,12-14,33H2,1-2H3,(H,36,38)(H,39,49)(H,40,50)(H,41,51)(H,42,52)(H,43,48)(H,54,55)(H4,34,35,37)/t18-,19-,20-,21-,22-,23-,24-/m0/s1. The van der Waals surface area contributed by atoms with E-state index in [2.05, 4.69) is 41.5 Å².